The van der Waals surface area contributed by atoms with Gasteiger partial charge >= 0.3 is 0 Å². The van der Waals surface area contributed by atoms with Gasteiger partial charge in [-0.1, -0.05) is 0 Å². The molecule has 1 aromatic rings. The molecule has 1 saturated heterocycles. The van der Waals surface area contributed by atoms with Crippen LogP contribution in [0, 0.1) is 0 Å². The summed E-state index contributed by atoms with van der Waals surface area (Å²) in [5.74, 6) is -0.0541. The molecule has 1 aliphatic rings. The maximum atomic E-state index is 11.8. The van der Waals surface area contributed by atoms with Crippen LogP contribution in [0.2, 0.25) is 0 Å². The number of aliphatic hydroxyl groups is 1. The van der Waals surface area contributed by atoms with E-state index in [4.69, 9.17) is 5.73 Å². The van der Waals surface area contributed by atoms with Gasteiger partial charge in [0.15, 0.2) is 0 Å². The normalized spacial score (nSPS) is 18.4. The van der Waals surface area contributed by atoms with Crippen molar-refractivity contribution in [2.24, 2.45) is 0 Å². The average Bonchev–Trinajstić information content (AvgIpc) is 2.14. The van der Waals surface area contributed by atoms with E-state index in [1.807, 2.05) is 0 Å². The molecule has 3 N–H and O–H groups in total. The summed E-state index contributed by atoms with van der Waals surface area (Å²) in [5, 5.41) is 9.51. The van der Waals surface area contributed by atoms with Crippen LogP contribution in [0.5, 0.6) is 0 Å². The number of anilines is 1. The SMILES string of the molecule is CC1(O)CN(C(=O)c2ccc(N)cc2)C1. The van der Waals surface area contributed by atoms with Gasteiger partial charge in [-0.05, 0) is 31.2 Å². The smallest absolute Gasteiger partial charge is 0.254 e. The molecule has 1 heterocycles. The summed E-state index contributed by atoms with van der Waals surface area (Å²) in [4.78, 5) is 13.4. The molecule has 0 saturated carbocycles. The van der Waals surface area contributed by atoms with Crippen LogP contribution in [-0.2, 0) is 0 Å². The largest absolute Gasteiger partial charge is 0.399 e. The third-order valence-electron chi connectivity index (χ3n) is 2.51. The van der Waals surface area contributed by atoms with Crippen LogP contribution in [0.15, 0.2) is 24.3 Å². The minimum absolute atomic E-state index is 0.0541. The lowest BCUT2D eigenvalue weighted by molar-refractivity contribution is -0.0668. The monoisotopic (exact) mass is 206 g/mol. The van der Waals surface area contributed by atoms with Gasteiger partial charge in [-0.3, -0.25) is 4.79 Å². The van der Waals surface area contributed by atoms with Gasteiger partial charge in [0.05, 0.1) is 18.7 Å². The van der Waals surface area contributed by atoms with Crippen molar-refractivity contribution >= 4 is 11.6 Å². The Morgan fingerprint density at radius 1 is 1.40 bits per heavy atom. The Bertz CT molecular complexity index is 376. The molecule has 0 atom stereocenters. The highest BCUT2D eigenvalue weighted by molar-refractivity contribution is 5.95. The number of β-amino-alcohol motifs (C(OH)–C–C–N with tert-alkyl or cyclic N) is 1. The second kappa shape index (κ2) is 3.24. The Morgan fingerprint density at radius 3 is 2.40 bits per heavy atom. The van der Waals surface area contributed by atoms with Gasteiger partial charge in [0.25, 0.3) is 5.91 Å². The van der Waals surface area contributed by atoms with Crippen LogP contribution < -0.4 is 5.73 Å². The first-order valence-corrected chi connectivity index (χ1v) is 4.85. The number of benzene rings is 1. The Kier molecular flexibility index (Phi) is 2.16. The Labute approximate surface area is 88.3 Å². The highest BCUT2D eigenvalue weighted by atomic mass is 16.3. The van der Waals surface area contributed by atoms with Crippen molar-refractivity contribution < 1.29 is 9.90 Å². The Hall–Kier alpha value is -1.55. The molecule has 4 nitrogen and oxygen atoms in total. The zero-order chi connectivity index (χ0) is 11.1. The van der Waals surface area contributed by atoms with Gasteiger partial charge in [-0.15, -0.1) is 0 Å². The molecule has 0 bridgehead atoms. The molecule has 1 aliphatic heterocycles. The van der Waals surface area contributed by atoms with Gasteiger partial charge < -0.3 is 15.7 Å². The topological polar surface area (TPSA) is 66.6 Å². The Balaban J connectivity index is 2.07. The molecule has 0 aliphatic carbocycles. The predicted octanol–water partition coefficient (Wildman–Crippen LogP) is 0.476. The van der Waals surface area contributed by atoms with E-state index in [2.05, 4.69) is 0 Å². The zero-order valence-electron chi connectivity index (χ0n) is 8.60. The van der Waals surface area contributed by atoms with Gasteiger partial charge in [0.2, 0.25) is 0 Å². The molecular weight excluding hydrogens is 192 g/mol. The molecule has 2 rings (SSSR count). The predicted molar refractivity (Wildman–Crippen MR) is 57.4 cm³/mol. The van der Waals surface area contributed by atoms with Crippen molar-refractivity contribution in [1.29, 1.82) is 0 Å². The molecule has 0 unspecified atom stereocenters. The summed E-state index contributed by atoms with van der Waals surface area (Å²) in [6.07, 6.45) is 0. The summed E-state index contributed by atoms with van der Waals surface area (Å²) >= 11 is 0. The molecule has 1 amide bonds. The van der Waals surface area contributed by atoms with Gasteiger partial charge in [-0.25, -0.2) is 0 Å². The quantitative estimate of drug-likeness (QED) is 0.657. The van der Waals surface area contributed by atoms with Crippen LogP contribution in [0.1, 0.15) is 17.3 Å². The maximum absolute atomic E-state index is 11.8. The number of carbonyl (C=O) groups excluding carboxylic acids is 1. The number of nitrogens with two attached hydrogens (primary N) is 1. The first-order valence-electron chi connectivity index (χ1n) is 4.85. The first kappa shape index (κ1) is 9.98. The third kappa shape index (κ3) is 1.94. The van der Waals surface area contributed by atoms with Gasteiger partial charge in [-0.2, -0.15) is 0 Å². The highest BCUT2D eigenvalue weighted by Gasteiger charge is 2.39. The van der Waals surface area contributed by atoms with Crippen LogP contribution in [0.4, 0.5) is 5.69 Å². The van der Waals surface area contributed by atoms with E-state index in [9.17, 15) is 9.90 Å². The van der Waals surface area contributed by atoms with Crippen molar-refractivity contribution in [2.75, 3.05) is 18.8 Å². The number of nitrogens with zero attached hydrogens (tertiary/aromatic N) is 1. The molecule has 1 fully saturated rings. The summed E-state index contributed by atoms with van der Waals surface area (Å²) in [6, 6.07) is 6.80. The van der Waals surface area contributed by atoms with E-state index in [1.165, 1.54) is 0 Å². The lowest BCUT2D eigenvalue weighted by Crippen LogP contribution is -2.61. The van der Waals surface area contributed by atoms with E-state index in [-0.39, 0.29) is 5.91 Å². The Morgan fingerprint density at radius 2 is 1.93 bits per heavy atom. The fraction of sp³-hybridized carbons (Fsp3) is 0.364. The molecule has 1 aromatic carbocycles. The number of carbonyl (C=O) groups is 1. The number of likely N-dealkylation sites (tertiary alicyclic amines) is 1. The van der Waals surface area contributed by atoms with Crippen molar-refractivity contribution in [2.45, 2.75) is 12.5 Å². The van der Waals surface area contributed by atoms with E-state index in [1.54, 1.807) is 36.1 Å². The van der Waals surface area contributed by atoms with Crippen LogP contribution >= 0.6 is 0 Å². The fourth-order valence-electron chi connectivity index (χ4n) is 1.73. The molecule has 0 spiro atoms. The van der Waals surface area contributed by atoms with E-state index < -0.39 is 5.60 Å². The minimum atomic E-state index is -0.719. The third-order valence-corrected chi connectivity index (χ3v) is 2.51. The van der Waals surface area contributed by atoms with Crippen LogP contribution in [-0.4, -0.2) is 34.6 Å². The standard InChI is InChI=1S/C11H14N2O2/c1-11(15)6-13(7-11)10(14)8-2-4-9(12)5-3-8/h2-5,15H,6-7,12H2,1H3. The second-order valence-electron chi connectivity index (χ2n) is 4.28. The number of amides is 1. The van der Waals surface area contributed by atoms with Crippen LogP contribution in [0.25, 0.3) is 0 Å². The van der Waals surface area contributed by atoms with Crippen molar-refractivity contribution in [3.8, 4) is 0 Å². The van der Waals surface area contributed by atoms with E-state index in [0.717, 1.165) is 0 Å². The van der Waals surface area contributed by atoms with Crippen LogP contribution in [0.3, 0.4) is 0 Å². The lowest BCUT2D eigenvalue weighted by atomic mass is 9.96. The summed E-state index contributed by atoms with van der Waals surface area (Å²) in [6.45, 7) is 2.52. The first-order chi connectivity index (χ1) is 6.98. The molecule has 0 aromatic heterocycles. The highest BCUT2D eigenvalue weighted by Crippen LogP contribution is 2.22. The maximum Gasteiger partial charge on any atom is 0.254 e. The van der Waals surface area contributed by atoms with Crippen molar-refractivity contribution in [3.63, 3.8) is 0 Å². The van der Waals surface area contributed by atoms with E-state index in [0.29, 0.717) is 24.3 Å². The second-order valence-corrected chi connectivity index (χ2v) is 4.28. The van der Waals surface area contributed by atoms with Crippen molar-refractivity contribution in [3.05, 3.63) is 29.8 Å². The molecule has 4 heteroatoms. The summed E-state index contributed by atoms with van der Waals surface area (Å²) in [5.41, 5.74) is 6.06. The number of nitrogen functional groups attached to an aromatic ring is 1. The molecule has 80 valence electrons. The summed E-state index contributed by atoms with van der Waals surface area (Å²) < 4.78 is 0. The molecule has 0 radical (unpaired) electrons. The molecule has 15 heavy (non-hydrogen) atoms. The minimum Gasteiger partial charge on any atom is -0.399 e. The number of rotatable bonds is 1. The zero-order valence-corrected chi connectivity index (χ0v) is 8.60. The number of hydrogen-bond acceptors (Lipinski definition) is 3. The summed E-state index contributed by atoms with van der Waals surface area (Å²) in [7, 11) is 0. The average molecular weight is 206 g/mol. The van der Waals surface area contributed by atoms with E-state index >= 15 is 0 Å². The van der Waals surface area contributed by atoms with Gasteiger partial charge in [0.1, 0.15) is 0 Å². The molecular formula is C11H14N2O2. The van der Waals surface area contributed by atoms with Crippen molar-refractivity contribution in [1.82, 2.24) is 4.90 Å². The van der Waals surface area contributed by atoms with Gasteiger partial charge in [0, 0.05) is 11.3 Å². The lowest BCUT2D eigenvalue weighted by Gasteiger charge is -2.44. The number of hydrogen-bond donors (Lipinski definition) is 2. The fourth-order valence-corrected chi connectivity index (χ4v) is 1.73.